The fraction of sp³-hybridized carbons (Fsp3) is 0.167. The maximum Gasteiger partial charge on any atom is 0.235 e. The number of hydrogen-bond acceptors (Lipinski definition) is 4. The van der Waals surface area contributed by atoms with Crippen molar-refractivity contribution in [2.24, 2.45) is 11.8 Å². The van der Waals surface area contributed by atoms with E-state index in [-0.39, 0.29) is 0 Å². The van der Waals surface area contributed by atoms with Gasteiger partial charge in [0.05, 0.1) is 12.1 Å². The van der Waals surface area contributed by atoms with Crippen LogP contribution in [0.4, 0.5) is 10.1 Å². The van der Waals surface area contributed by atoms with Crippen LogP contribution in [0.15, 0.2) is 66.7 Å². The second kappa shape index (κ2) is 8.98. The molecule has 0 saturated carbocycles. The highest BCUT2D eigenvalue weighted by Gasteiger charge is 2.40. The lowest BCUT2D eigenvalue weighted by Crippen LogP contribution is -2.36. The maximum absolute atomic E-state index is 13.2. The van der Waals surface area contributed by atoms with Crippen molar-refractivity contribution < 1.29 is 14.0 Å². The van der Waals surface area contributed by atoms with Gasteiger partial charge in [-0.1, -0.05) is 42.5 Å². The van der Waals surface area contributed by atoms with Gasteiger partial charge in [-0.15, -0.1) is 0 Å². The van der Waals surface area contributed by atoms with Crippen LogP contribution in [-0.4, -0.2) is 11.7 Å². The van der Waals surface area contributed by atoms with Gasteiger partial charge < -0.3 is 5.32 Å². The molecule has 3 aromatic rings. The van der Waals surface area contributed by atoms with Crippen molar-refractivity contribution in [3.05, 3.63) is 78.1 Å². The molecule has 0 bridgehead atoms. The van der Waals surface area contributed by atoms with E-state index in [1.54, 1.807) is 12.1 Å². The summed E-state index contributed by atoms with van der Waals surface area (Å²) in [5.41, 5.74) is 0.894. The Hall–Kier alpha value is -4.03. The van der Waals surface area contributed by atoms with Crippen molar-refractivity contribution in [3.8, 4) is 12.1 Å². The Kier molecular flexibility index (Phi) is 6.20. The Bertz CT molecular complexity index is 1160. The van der Waals surface area contributed by atoms with Crippen LogP contribution in [0.3, 0.4) is 0 Å². The molecule has 148 valence electrons. The van der Waals surface area contributed by atoms with Crippen LogP contribution in [0.1, 0.15) is 18.4 Å². The van der Waals surface area contributed by atoms with E-state index in [9.17, 15) is 24.5 Å². The van der Waals surface area contributed by atoms with Gasteiger partial charge in [-0.25, -0.2) is 4.39 Å². The SMILES string of the molecule is CC(=O)[C@H](C(=O)Nc1ccc(F)cc1)[C@@H](c1cccc2ccccc12)C(C#N)C#N. The normalized spacial score (nSPS) is 12.6. The molecule has 0 spiro atoms. The molecule has 30 heavy (non-hydrogen) atoms. The average molecular weight is 399 g/mol. The van der Waals surface area contributed by atoms with E-state index in [4.69, 9.17) is 0 Å². The summed E-state index contributed by atoms with van der Waals surface area (Å²) < 4.78 is 13.2. The van der Waals surface area contributed by atoms with Crippen LogP contribution in [0, 0.1) is 40.3 Å². The number of rotatable bonds is 6. The summed E-state index contributed by atoms with van der Waals surface area (Å²) in [4.78, 5) is 25.7. The minimum absolute atomic E-state index is 0.315. The average Bonchev–Trinajstić information content (AvgIpc) is 2.75. The molecule has 6 heteroatoms. The second-order valence-corrected chi connectivity index (χ2v) is 6.91. The van der Waals surface area contributed by atoms with Gasteiger partial charge in [0.25, 0.3) is 0 Å². The Morgan fingerprint density at radius 1 is 0.933 bits per heavy atom. The zero-order valence-corrected chi connectivity index (χ0v) is 16.2. The van der Waals surface area contributed by atoms with Crippen molar-refractivity contribution in [2.75, 3.05) is 5.32 Å². The standard InChI is InChI=1S/C24H18FN3O2/c1-15(29)22(24(30)28-19-11-9-18(25)10-12-19)23(17(13-26)14-27)21-8-4-6-16-5-2-3-7-20(16)21/h2-12,17,22-23H,1H3,(H,28,30)/t22-,23+/m0/s1. The molecule has 0 saturated heterocycles. The molecule has 0 aliphatic rings. The number of halogens is 1. The summed E-state index contributed by atoms with van der Waals surface area (Å²) in [5.74, 6) is -5.04. The summed E-state index contributed by atoms with van der Waals surface area (Å²) in [7, 11) is 0. The monoisotopic (exact) mass is 399 g/mol. The summed E-state index contributed by atoms with van der Waals surface area (Å²) in [6.45, 7) is 1.26. The molecule has 0 aliphatic carbocycles. The van der Waals surface area contributed by atoms with Crippen molar-refractivity contribution in [1.29, 1.82) is 10.5 Å². The highest BCUT2D eigenvalue weighted by atomic mass is 19.1. The lowest BCUT2D eigenvalue weighted by molar-refractivity contribution is -0.131. The van der Waals surface area contributed by atoms with Crippen LogP contribution in [-0.2, 0) is 9.59 Å². The lowest BCUT2D eigenvalue weighted by Gasteiger charge is -2.26. The fourth-order valence-corrected chi connectivity index (χ4v) is 3.64. The van der Waals surface area contributed by atoms with Crippen LogP contribution in [0.2, 0.25) is 0 Å². The van der Waals surface area contributed by atoms with Crippen LogP contribution in [0.25, 0.3) is 10.8 Å². The molecular formula is C24H18FN3O2. The van der Waals surface area contributed by atoms with E-state index in [1.165, 1.54) is 31.2 Å². The molecule has 0 radical (unpaired) electrons. The minimum Gasteiger partial charge on any atom is -0.325 e. The summed E-state index contributed by atoms with van der Waals surface area (Å²) in [5, 5.41) is 23.5. The number of Topliss-reactive ketones (excluding diaryl/α,β-unsaturated/α-hetero) is 1. The largest absolute Gasteiger partial charge is 0.325 e. The molecule has 0 fully saturated rings. The first-order chi connectivity index (χ1) is 14.5. The van der Waals surface area contributed by atoms with Gasteiger partial charge in [0, 0.05) is 11.6 Å². The Labute approximate surface area is 173 Å². The molecule has 1 N–H and O–H groups in total. The molecular weight excluding hydrogens is 381 g/mol. The maximum atomic E-state index is 13.2. The molecule has 3 rings (SSSR count). The molecule has 2 atom stereocenters. The highest BCUT2D eigenvalue weighted by molar-refractivity contribution is 6.08. The van der Waals surface area contributed by atoms with Crippen molar-refractivity contribution in [3.63, 3.8) is 0 Å². The van der Waals surface area contributed by atoms with E-state index >= 15 is 0 Å². The number of hydrogen-bond donors (Lipinski definition) is 1. The first-order valence-electron chi connectivity index (χ1n) is 9.30. The number of amides is 1. The number of benzene rings is 3. The lowest BCUT2D eigenvalue weighted by atomic mass is 9.74. The molecule has 0 heterocycles. The Morgan fingerprint density at radius 3 is 2.20 bits per heavy atom. The van der Waals surface area contributed by atoms with Gasteiger partial charge >= 0.3 is 0 Å². The minimum atomic E-state index is -1.27. The number of ketones is 1. The third-order valence-corrected chi connectivity index (χ3v) is 5.01. The number of anilines is 1. The number of fused-ring (bicyclic) bond motifs is 1. The predicted molar refractivity (Wildman–Crippen MR) is 111 cm³/mol. The van der Waals surface area contributed by atoms with Gasteiger partial charge in [-0.05, 0) is 47.5 Å². The molecule has 0 aliphatic heterocycles. The van der Waals surface area contributed by atoms with E-state index in [0.29, 0.717) is 11.3 Å². The van der Waals surface area contributed by atoms with E-state index < -0.39 is 35.3 Å². The summed E-state index contributed by atoms with van der Waals surface area (Å²) >= 11 is 0. The topological polar surface area (TPSA) is 93.8 Å². The molecule has 0 unspecified atom stereocenters. The number of nitriles is 2. The Balaban J connectivity index is 2.11. The van der Waals surface area contributed by atoms with Gasteiger partial charge in [0.15, 0.2) is 0 Å². The van der Waals surface area contributed by atoms with Crippen LogP contribution >= 0.6 is 0 Å². The van der Waals surface area contributed by atoms with E-state index in [0.717, 1.165) is 10.8 Å². The second-order valence-electron chi connectivity index (χ2n) is 6.91. The number of nitrogens with zero attached hydrogens (tertiary/aromatic N) is 2. The van der Waals surface area contributed by atoms with Gasteiger partial charge in [-0.3, -0.25) is 9.59 Å². The van der Waals surface area contributed by atoms with Crippen molar-refractivity contribution in [2.45, 2.75) is 12.8 Å². The zero-order valence-electron chi connectivity index (χ0n) is 16.2. The van der Waals surface area contributed by atoms with Crippen LogP contribution < -0.4 is 5.32 Å². The molecule has 5 nitrogen and oxygen atoms in total. The van der Waals surface area contributed by atoms with Crippen molar-refractivity contribution in [1.82, 2.24) is 0 Å². The molecule has 3 aromatic carbocycles. The predicted octanol–water partition coefficient (Wildman–Crippen LogP) is 4.57. The van der Waals surface area contributed by atoms with Crippen LogP contribution in [0.5, 0.6) is 0 Å². The fourth-order valence-electron chi connectivity index (χ4n) is 3.64. The van der Waals surface area contributed by atoms with Gasteiger partial charge in [0.2, 0.25) is 5.91 Å². The smallest absolute Gasteiger partial charge is 0.235 e. The van der Waals surface area contributed by atoms with Gasteiger partial charge in [-0.2, -0.15) is 10.5 Å². The quantitative estimate of drug-likeness (QED) is 0.615. The molecule has 1 amide bonds. The first-order valence-corrected chi connectivity index (χ1v) is 9.30. The Morgan fingerprint density at radius 2 is 1.57 bits per heavy atom. The van der Waals surface area contributed by atoms with E-state index in [1.807, 2.05) is 42.5 Å². The number of carbonyl (C=O) groups excluding carboxylic acids is 2. The van der Waals surface area contributed by atoms with Crippen molar-refractivity contribution >= 4 is 28.2 Å². The first kappa shape index (κ1) is 20.7. The number of nitrogens with one attached hydrogen (secondary N) is 1. The number of carbonyl (C=O) groups is 2. The summed E-state index contributed by atoms with van der Waals surface area (Å²) in [6.07, 6.45) is 0. The van der Waals surface area contributed by atoms with E-state index in [2.05, 4.69) is 5.32 Å². The third-order valence-electron chi connectivity index (χ3n) is 5.01. The third kappa shape index (κ3) is 4.19. The van der Waals surface area contributed by atoms with Gasteiger partial charge in [0.1, 0.15) is 23.4 Å². The molecule has 0 aromatic heterocycles. The zero-order chi connectivity index (χ0) is 21.7. The highest BCUT2D eigenvalue weighted by Crippen LogP contribution is 2.37. The summed E-state index contributed by atoms with van der Waals surface area (Å²) in [6, 6.07) is 21.8.